The molecule has 24 heavy (non-hydrogen) atoms. The zero-order chi connectivity index (χ0) is 17.9. The van der Waals surface area contributed by atoms with Crippen LogP contribution in [-0.4, -0.2) is 77.5 Å². The van der Waals surface area contributed by atoms with Gasteiger partial charge in [-0.1, -0.05) is 0 Å². The van der Waals surface area contributed by atoms with Crippen LogP contribution in [0, 0.1) is 5.92 Å². The number of hydrogen-bond acceptors (Lipinski definition) is 4. The second-order valence-electron chi connectivity index (χ2n) is 7.60. The molecule has 2 fully saturated rings. The Labute approximate surface area is 143 Å². The maximum Gasteiger partial charge on any atom is 0.410 e. The molecule has 2 aliphatic heterocycles. The largest absolute Gasteiger partial charge is 0.444 e. The first-order chi connectivity index (χ1) is 11.2. The van der Waals surface area contributed by atoms with Crippen LogP contribution in [0.4, 0.5) is 4.79 Å². The van der Waals surface area contributed by atoms with Crippen LogP contribution >= 0.6 is 0 Å². The van der Waals surface area contributed by atoms with Gasteiger partial charge >= 0.3 is 6.09 Å². The van der Waals surface area contributed by atoms with Gasteiger partial charge in [0.25, 0.3) is 0 Å². The van der Waals surface area contributed by atoms with Crippen molar-refractivity contribution in [1.82, 2.24) is 14.7 Å². The van der Waals surface area contributed by atoms with Crippen LogP contribution in [0.1, 0.15) is 40.5 Å². The molecule has 0 spiro atoms. The zero-order valence-electron chi connectivity index (χ0n) is 15.2. The van der Waals surface area contributed by atoms with Gasteiger partial charge in [-0.15, -0.1) is 0 Å². The Kier molecular flexibility index (Phi) is 5.72. The summed E-state index contributed by atoms with van der Waals surface area (Å²) in [6, 6.07) is 0. The van der Waals surface area contributed by atoms with Crippen LogP contribution in [0.25, 0.3) is 0 Å². The normalized spacial score (nSPS) is 22.3. The highest BCUT2D eigenvalue weighted by Gasteiger charge is 2.34. The summed E-state index contributed by atoms with van der Waals surface area (Å²) < 4.78 is 5.41. The molecule has 2 aliphatic rings. The number of carbonyl (C=O) groups excluding carboxylic acids is 3. The van der Waals surface area contributed by atoms with Gasteiger partial charge in [0.2, 0.25) is 11.8 Å². The summed E-state index contributed by atoms with van der Waals surface area (Å²) in [4.78, 5) is 41.5. The van der Waals surface area contributed by atoms with Gasteiger partial charge in [-0.05, 0) is 33.6 Å². The lowest BCUT2D eigenvalue weighted by Crippen LogP contribution is -2.54. The Morgan fingerprint density at radius 1 is 0.917 bits per heavy atom. The summed E-state index contributed by atoms with van der Waals surface area (Å²) in [6.45, 7) is 10.4. The topological polar surface area (TPSA) is 70.2 Å². The van der Waals surface area contributed by atoms with E-state index >= 15 is 0 Å². The van der Waals surface area contributed by atoms with Gasteiger partial charge in [0.1, 0.15) is 5.60 Å². The molecule has 136 valence electrons. The predicted octanol–water partition coefficient (Wildman–Crippen LogP) is 1.32. The van der Waals surface area contributed by atoms with Gasteiger partial charge in [0.15, 0.2) is 0 Å². The molecule has 0 saturated carbocycles. The molecule has 0 bridgehead atoms. The van der Waals surface area contributed by atoms with Crippen molar-refractivity contribution >= 4 is 17.9 Å². The van der Waals surface area contributed by atoms with Crippen LogP contribution in [0.5, 0.6) is 0 Å². The first kappa shape index (κ1) is 18.5. The van der Waals surface area contributed by atoms with Crippen molar-refractivity contribution in [3.8, 4) is 0 Å². The molecule has 0 aromatic rings. The van der Waals surface area contributed by atoms with E-state index in [1.54, 1.807) is 16.7 Å². The van der Waals surface area contributed by atoms with Crippen molar-refractivity contribution in [3.63, 3.8) is 0 Å². The molecule has 0 aliphatic carbocycles. The number of piperidine rings is 1. The number of ether oxygens (including phenoxy) is 1. The minimum Gasteiger partial charge on any atom is -0.444 e. The third kappa shape index (κ3) is 4.85. The molecular formula is C17H29N3O4. The average Bonchev–Trinajstić information content (AvgIpc) is 2.53. The van der Waals surface area contributed by atoms with Crippen molar-refractivity contribution in [3.05, 3.63) is 0 Å². The second kappa shape index (κ2) is 7.40. The molecule has 1 unspecified atom stereocenters. The molecule has 0 radical (unpaired) electrons. The number of amides is 3. The van der Waals surface area contributed by atoms with Gasteiger partial charge in [-0.3, -0.25) is 9.59 Å². The Morgan fingerprint density at radius 2 is 1.50 bits per heavy atom. The molecule has 2 heterocycles. The van der Waals surface area contributed by atoms with Crippen molar-refractivity contribution in [2.24, 2.45) is 5.92 Å². The summed E-state index contributed by atoms with van der Waals surface area (Å²) in [7, 11) is 0. The Morgan fingerprint density at radius 3 is 2.04 bits per heavy atom. The highest BCUT2D eigenvalue weighted by Crippen LogP contribution is 2.21. The first-order valence-corrected chi connectivity index (χ1v) is 8.69. The predicted molar refractivity (Wildman–Crippen MR) is 89.4 cm³/mol. The van der Waals surface area contributed by atoms with Gasteiger partial charge in [0, 0.05) is 46.2 Å². The standard InChI is InChI=1S/C17H29N3O4/c1-13(21)18-8-10-19(11-9-18)15(22)14-6-5-7-20(12-14)16(23)24-17(2,3)4/h14H,5-12H2,1-4H3. The molecule has 0 aromatic heterocycles. The third-order valence-electron chi connectivity index (χ3n) is 4.46. The summed E-state index contributed by atoms with van der Waals surface area (Å²) in [5.41, 5.74) is -0.531. The summed E-state index contributed by atoms with van der Waals surface area (Å²) in [5.74, 6) is -0.0301. The van der Waals surface area contributed by atoms with Crippen LogP contribution in [0.2, 0.25) is 0 Å². The minimum atomic E-state index is -0.531. The molecule has 7 heteroatoms. The number of piperazine rings is 1. The first-order valence-electron chi connectivity index (χ1n) is 8.69. The Balaban J connectivity index is 1.89. The monoisotopic (exact) mass is 339 g/mol. The van der Waals surface area contributed by atoms with Crippen molar-refractivity contribution in [2.45, 2.75) is 46.1 Å². The van der Waals surface area contributed by atoms with Gasteiger partial charge in [0.05, 0.1) is 5.92 Å². The van der Waals surface area contributed by atoms with Crippen molar-refractivity contribution < 1.29 is 19.1 Å². The van der Waals surface area contributed by atoms with E-state index in [0.717, 1.165) is 12.8 Å². The number of carbonyl (C=O) groups is 3. The number of rotatable bonds is 1. The third-order valence-corrected chi connectivity index (χ3v) is 4.46. The van der Waals surface area contributed by atoms with E-state index in [-0.39, 0.29) is 23.8 Å². The fraction of sp³-hybridized carbons (Fsp3) is 0.824. The number of hydrogen-bond donors (Lipinski definition) is 0. The average molecular weight is 339 g/mol. The SMILES string of the molecule is CC(=O)N1CCN(C(=O)C2CCCN(C(=O)OC(C)(C)C)C2)CC1. The van der Waals surface area contributed by atoms with E-state index in [2.05, 4.69) is 0 Å². The van der Waals surface area contributed by atoms with E-state index in [0.29, 0.717) is 39.3 Å². The van der Waals surface area contributed by atoms with Gasteiger partial charge < -0.3 is 19.4 Å². The lowest BCUT2D eigenvalue weighted by atomic mass is 9.96. The fourth-order valence-corrected chi connectivity index (χ4v) is 3.17. The summed E-state index contributed by atoms with van der Waals surface area (Å²) in [5, 5.41) is 0. The van der Waals surface area contributed by atoms with Crippen molar-refractivity contribution in [2.75, 3.05) is 39.3 Å². The van der Waals surface area contributed by atoms with Crippen LogP contribution in [0.3, 0.4) is 0 Å². The van der Waals surface area contributed by atoms with E-state index in [4.69, 9.17) is 4.74 Å². The maximum absolute atomic E-state index is 12.7. The number of likely N-dealkylation sites (tertiary alicyclic amines) is 1. The van der Waals surface area contributed by atoms with E-state index in [1.807, 2.05) is 25.7 Å². The molecule has 7 nitrogen and oxygen atoms in total. The van der Waals surface area contributed by atoms with Crippen LogP contribution < -0.4 is 0 Å². The maximum atomic E-state index is 12.7. The van der Waals surface area contributed by atoms with E-state index in [9.17, 15) is 14.4 Å². The lowest BCUT2D eigenvalue weighted by molar-refractivity contribution is -0.142. The van der Waals surface area contributed by atoms with Gasteiger partial charge in [-0.25, -0.2) is 4.79 Å². The number of nitrogens with zero attached hydrogens (tertiary/aromatic N) is 3. The molecule has 0 N–H and O–H groups in total. The molecule has 1 atom stereocenters. The highest BCUT2D eigenvalue weighted by atomic mass is 16.6. The van der Waals surface area contributed by atoms with Crippen LogP contribution in [-0.2, 0) is 14.3 Å². The molecule has 3 amide bonds. The summed E-state index contributed by atoms with van der Waals surface area (Å²) in [6.07, 6.45) is 1.26. The highest BCUT2D eigenvalue weighted by molar-refractivity contribution is 5.81. The van der Waals surface area contributed by atoms with Crippen molar-refractivity contribution in [1.29, 1.82) is 0 Å². The molecule has 0 aromatic carbocycles. The van der Waals surface area contributed by atoms with E-state index < -0.39 is 5.60 Å². The fourth-order valence-electron chi connectivity index (χ4n) is 3.17. The zero-order valence-corrected chi connectivity index (χ0v) is 15.2. The molecular weight excluding hydrogens is 310 g/mol. The van der Waals surface area contributed by atoms with Gasteiger partial charge in [-0.2, -0.15) is 0 Å². The molecule has 2 rings (SSSR count). The second-order valence-corrected chi connectivity index (χ2v) is 7.60. The Bertz CT molecular complexity index is 493. The summed E-state index contributed by atoms with van der Waals surface area (Å²) >= 11 is 0. The minimum absolute atomic E-state index is 0.0517. The quantitative estimate of drug-likeness (QED) is 0.722. The lowest BCUT2D eigenvalue weighted by Gasteiger charge is -2.39. The smallest absolute Gasteiger partial charge is 0.410 e. The van der Waals surface area contributed by atoms with Crippen LogP contribution in [0.15, 0.2) is 0 Å². The molecule has 2 saturated heterocycles. The van der Waals surface area contributed by atoms with E-state index in [1.165, 1.54) is 0 Å². The Hall–Kier alpha value is -1.79.